The molecule has 144 valence electrons. The Morgan fingerprint density at radius 1 is 1.25 bits per heavy atom. The molecule has 2 aromatic carbocycles. The van der Waals surface area contributed by atoms with Crippen molar-refractivity contribution in [1.29, 1.82) is 0 Å². The van der Waals surface area contributed by atoms with Crippen molar-refractivity contribution in [3.8, 4) is 28.4 Å². The number of esters is 1. The third kappa shape index (κ3) is 3.04. The zero-order valence-corrected chi connectivity index (χ0v) is 17.7. The lowest BCUT2D eigenvalue weighted by molar-refractivity contribution is 0.0590. The summed E-state index contributed by atoms with van der Waals surface area (Å²) in [5.41, 5.74) is 4.15. The van der Waals surface area contributed by atoms with Gasteiger partial charge in [-0.1, -0.05) is 11.6 Å². The summed E-state index contributed by atoms with van der Waals surface area (Å²) in [7, 11) is 2.92. The number of aryl methyl sites for hydroxylation is 1. The second-order valence-corrected chi connectivity index (χ2v) is 7.63. The molecule has 1 aromatic heterocycles. The van der Waals surface area contributed by atoms with Crippen LogP contribution in [0.1, 0.15) is 21.6 Å². The lowest BCUT2D eigenvalue weighted by Gasteiger charge is -2.21. The average Bonchev–Trinajstić information content (AvgIpc) is 3.06. The van der Waals surface area contributed by atoms with Gasteiger partial charge in [-0.25, -0.2) is 9.48 Å². The number of hydrogen-bond donors (Lipinski definition) is 0. The zero-order valence-electron chi connectivity index (χ0n) is 15.4. The Bertz CT molecular complexity index is 1090. The Balaban J connectivity index is 2.03. The van der Waals surface area contributed by atoms with Gasteiger partial charge < -0.3 is 14.2 Å². The first-order chi connectivity index (χ1) is 13.4. The van der Waals surface area contributed by atoms with Gasteiger partial charge in [0.05, 0.1) is 35.6 Å². The standard InChI is InChI=1S/C20H16BrClN2O4/c1-10-4-11(22)6-12(5-10)24-19-13-7-15(21)17(26-2)8-16(13)28-9-14(19)18(23-24)20(25)27-3/h4-8H,9H2,1-3H3. The third-order valence-corrected chi connectivity index (χ3v) is 5.35. The number of hydrogen-bond acceptors (Lipinski definition) is 5. The minimum absolute atomic E-state index is 0.192. The largest absolute Gasteiger partial charge is 0.495 e. The molecule has 28 heavy (non-hydrogen) atoms. The van der Waals surface area contributed by atoms with Crippen LogP contribution < -0.4 is 9.47 Å². The highest BCUT2D eigenvalue weighted by Crippen LogP contribution is 2.44. The van der Waals surface area contributed by atoms with E-state index in [2.05, 4.69) is 21.0 Å². The molecule has 3 aromatic rings. The summed E-state index contributed by atoms with van der Waals surface area (Å²) in [4.78, 5) is 12.3. The van der Waals surface area contributed by atoms with Crippen LogP contribution in [0.2, 0.25) is 5.02 Å². The molecule has 0 atom stereocenters. The predicted octanol–water partition coefficient (Wildman–Crippen LogP) is 4.95. The van der Waals surface area contributed by atoms with E-state index in [4.69, 9.17) is 25.8 Å². The van der Waals surface area contributed by atoms with Gasteiger partial charge in [-0.05, 0) is 52.7 Å². The fourth-order valence-electron chi connectivity index (χ4n) is 3.30. The van der Waals surface area contributed by atoms with Crippen LogP contribution in [-0.2, 0) is 11.3 Å². The van der Waals surface area contributed by atoms with Crippen molar-refractivity contribution < 1.29 is 19.0 Å². The topological polar surface area (TPSA) is 62.6 Å². The van der Waals surface area contributed by atoms with Gasteiger partial charge in [0.15, 0.2) is 5.69 Å². The quantitative estimate of drug-likeness (QED) is 0.514. The molecular formula is C20H16BrClN2O4. The van der Waals surface area contributed by atoms with Crippen LogP contribution >= 0.6 is 27.5 Å². The highest BCUT2D eigenvalue weighted by Gasteiger charge is 2.31. The molecular weight excluding hydrogens is 448 g/mol. The van der Waals surface area contributed by atoms with Crippen LogP contribution in [0.3, 0.4) is 0 Å². The van der Waals surface area contributed by atoms with Gasteiger partial charge in [-0.15, -0.1) is 0 Å². The first-order valence-electron chi connectivity index (χ1n) is 8.41. The van der Waals surface area contributed by atoms with Gasteiger partial charge in [0.2, 0.25) is 0 Å². The number of carbonyl (C=O) groups is 1. The SMILES string of the molecule is COC(=O)c1nn(-c2cc(C)cc(Cl)c2)c2c1COc1cc(OC)c(Br)cc1-2. The van der Waals surface area contributed by atoms with Gasteiger partial charge >= 0.3 is 5.97 Å². The van der Waals surface area contributed by atoms with Crippen LogP contribution in [0.15, 0.2) is 34.8 Å². The van der Waals surface area contributed by atoms with E-state index in [1.165, 1.54) is 7.11 Å². The molecule has 0 spiro atoms. The first kappa shape index (κ1) is 18.8. The van der Waals surface area contributed by atoms with Crippen molar-refractivity contribution in [1.82, 2.24) is 9.78 Å². The van der Waals surface area contributed by atoms with E-state index in [-0.39, 0.29) is 12.3 Å². The molecule has 0 N–H and O–H groups in total. The Labute approximate surface area is 175 Å². The molecule has 4 rings (SSSR count). The number of rotatable bonds is 3. The highest BCUT2D eigenvalue weighted by atomic mass is 79.9. The van der Waals surface area contributed by atoms with E-state index in [0.717, 1.165) is 27.0 Å². The molecule has 0 aliphatic carbocycles. The summed E-state index contributed by atoms with van der Waals surface area (Å²) >= 11 is 9.78. The lowest BCUT2D eigenvalue weighted by atomic mass is 10.0. The lowest BCUT2D eigenvalue weighted by Crippen LogP contribution is -2.11. The average molecular weight is 464 g/mol. The molecule has 0 bridgehead atoms. The molecule has 0 radical (unpaired) electrons. The number of fused-ring (bicyclic) bond motifs is 3. The Morgan fingerprint density at radius 2 is 2.04 bits per heavy atom. The van der Waals surface area contributed by atoms with Crippen LogP contribution in [0, 0.1) is 6.92 Å². The minimum Gasteiger partial charge on any atom is -0.495 e. The fourth-order valence-corrected chi connectivity index (χ4v) is 4.09. The third-order valence-electron chi connectivity index (χ3n) is 4.51. The van der Waals surface area contributed by atoms with Gasteiger partial charge in [0, 0.05) is 16.7 Å². The Morgan fingerprint density at radius 3 is 2.71 bits per heavy atom. The van der Waals surface area contributed by atoms with Crippen molar-refractivity contribution in [2.45, 2.75) is 13.5 Å². The molecule has 0 amide bonds. The van der Waals surface area contributed by atoms with Crippen LogP contribution in [-0.4, -0.2) is 30.0 Å². The maximum absolute atomic E-state index is 12.3. The predicted molar refractivity (Wildman–Crippen MR) is 109 cm³/mol. The summed E-state index contributed by atoms with van der Waals surface area (Å²) in [6.45, 7) is 2.14. The van der Waals surface area contributed by atoms with Crippen LogP contribution in [0.5, 0.6) is 11.5 Å². The van der Waals surface area contributed by atoms with Crippen molar-refractivity contribution >= 4 is 33.5 Å². The molecule has 6 nitrogen and oxygen atoms in total. The number of ether oxygens (including phenoxy) is 3. The van der Waals surface area contributed by atoms with E-state index in [0.29, 0.717) is 22.1 Å². The molecule has 1 aliphatic rings. The zero-order chi connectivity index (χ0) is 20.0. The summed E-state index contributed by atoms with van der Waals surface area (Å²) in [5, 5.41) is 5.13. The number of halogens is 2. The van der Waals surface area contributed by atoms with Crippen LogP contribution in [0.25, 0.3) is 16.9 Å². The Hall–Kier alpha value is -2.51. The maximum Gasteiger partial charge on any atom is 0.359 e. The molecule has 1 aliphatic heterocycles. The number of methoxy groups -OCH3 is 2. The number of aromatic nitrogens is 2. The van der Waals surface area contributed by atoms with Crippen molar-refractivity contribution in [3.05, 3.63) is 56.6 Å². The normalized spacial score (nSPS) is 12.0. The van der Waals surface area contributed by atoms with Gasteiger partial charge in [0.1, 0.15) is 18.1 Å². The number of benzene rings is 2. The molecule has 0 saturated carbocycles. The minimum atomic E-state index is -0.520. The summed E-state index contributed by atoms with van der Waals surface area (Å²) in [6.07, 6.45) is 0. The molecule has 8 heteroatoms. The van der Waals surface area contributed by atoms with E-state index in [1.54, 1.807) is 23.9 Å². The maximum atomic E-state index is 12.3. The molecule has 0 fully saturated rings. The van der Waals surface area contributed by atoms with E-state index >= 15 is 0 Å². The van der Waals surface area contributed by atoms with Crippen molar-refractivity contribution in [2.75, 3.05) is 14.2 Å². The van der Waals surface area contributed by atoms with Crippen molar-refractivity contribution in [2.24, 2.45) is 0 Å². The summed E-state index contributed by atoms with van der Waals surface area (Å²) < 4.78 is 18.7. The fraction of sp³-hybridized carbons (Fsp3) is 0.200. The highest BCUT2D eigenvalue weighted by molar-refractivity contribution is 9.10. The monoisotopic (exact) mass is 462 g/mol. The first-order valence-corrected chi connectivity index (χ1v) is 9.58. The number of carbonyl (C=O) groups excluding carboxylic acids is 1. The smallest absolute Gasteiger partial charge is 0.359 e. The van der Waals surface area contributed by atoms with Gasteiger partial charge in [0.25, 0.3) is 0 Å². The van der Waals surface area contributed by atoms with E-state index in [9.17, 15) is 4.79 Å². The molecule has 0 saturated heterocycles. The van der Waals surface area contributed by atoms with Gasteiger partial charge in [-0.2, -0.15) is 5.10 Å². The van der Waals surface area contributed by atoms with E-state index < -0.39 is 5.97 Å². The second-order valence-electron chi connectivity index (χ2n) is 6.34. The number of nitrogens with zero attached hydrogens (tertiary/aromatic N) is 2. The summed E-state index contributed by atoms with van der Waals surface area (Å²) in [6, 6.07) is 9.31. The van der Waals surface area contributed by atoms with Crippen molar-refractivity contribution in [3.63, 3.8) is 0 Å². The Kier molecular flexibility index (Phi) is 4.81. The molecule has 2 heterocycles. The van der Waals surface area contributed by atoms with Crippen LogP contribution in [0.4, 0.5) is 0 Å². The summed E-state index contributed by atoms with van der Waals surface area (Å²) in [5.74, 6) is 0.775. The van der Waals surface area contributed by atoms with Gasteiger partial charge in [-0.3, -0.25) is 0 Å². The second kappa shape index (κ2) is 7.14. The molecule has 0 unspecified atom stereocenters. The van der Waals surface area contributed by atoms with E-state index in [1.807, 2.05) is 25.1 Å².